The maximum absolute atomic E-state index is 13.5. The van der Waals surface area contributed by atoms with E-state index in [2.05, 4.69) is 0 Å². The first-order valence-electron chi connectivity index (χ1n) is 5.02. The highest BCUT2D eigenvalue weighted by Crippen LogP contribution is 2.31. The predicted molar refractivity (Wildman–Crippen MR) is 68.9 cm³/mol. The summed E-state index contributed by atoms with van der Waals surface area (Å²) in [7, 11) is 0. The number of rotatable bonds is 3. The summed E-state index contributed by atoms with van der Waals surface area (Å²) < 4.78 is 13.5. The van der Waals surface area contributed by atoms with Crippen molar-refractivity contribution in [3.63, 3.8) is 0 Å². The second-order valence-electron chi connectivity index (χ2n) is 3.51. The van der Waals surface area contributed by atoms with Gasteiger partial charge in [-0.15, -0.1) is 0 Å². The topological polar surface area (TPSA) is 37.3 Å². The molecule has 0 heterocycles. The molecule has 2 aromatic rings. The minimum Gasteiger partial charge on any atom is -0.478 e. The number of benzene rings is 2. The van der Waals surface area contributed by atoms with E-state index >= 15 is 0 Å². The minimum absolute atomic E-state index is 0.205. The van der Waals surface area contributed by atoms with Crippen LogP contribution >= 0.6 is 23.4 Å². The molecule has 0 aliphatic heterocycles. The molecule has 92 valence electrons. The van der Waals surface area contributed by atoms with Gasteiger partial charge in [0, 0.05) is 14.8 Å². The van der Waals surface area contributed by atoms with Gasteiger partial charge in [0.05, 0.1) is 5.56 Å². The van der Waals surface area contributed by atoms with Crippen molar-refractivity contribution in [3.8, 4) is 0 Å². The van der Waals surface area contributed by atoms with Crippen LogP contribution in [-0.2, 0) is 0 Å². The molecule has 0 bridgehead atoms. The maximum Gasteiger partial charge on any atom is 0.335 e. The molecule has 18 heavy (non-hydrogen) atoms. The summed E-state index contributed by atoms with van der Waals surface area (Å²) in [5.74, 6) is -1.38. The lowest BCUT2D eigenvalue weighted by molar-refractivity contribution is 0.0697. The van der Waals surface area contributed by atoms with E-state index < -0.39 is 11.8 Å². The summed E-state index contributed by atoms with van der Waals surface area (Å²) in [4.78, 5) is 11.9. The Balaban J connectivity index is 2.21. The molecule has 2 aromatic carbocycles. The molecule has 0 atom stereocenters. The van der Waals surface area contributed by atoms with Crippen molar-refractivity contribution in [3.05, 3.63) is 58.9 Å². The molecule has 0 amide bonds. The lowest BCUT2D eigenvalue weighted by Crippen LogP contribution is -1.94. The van der Waals surface area contributed by atoms with Crippen LogP contribution in [-0.4, -0.2) is 11.1 Å². The molecule has 0 aliphatic rings. The van der Waals surface area contributed by atoms with Gasteiger partial charge in [-0.1, -0.05) is 23.4 Å². The van der Waals surface area contributed by atoms with E-state index in [1.54, 1.807) is 24.3 Å². The zero-order valence-electron chi connectivity index (χ0n) is 9.06. The van der Waals surface area contributed by atoms with Crippen molar-refractivity contribution in [2.24, 2.45) is 0 Å². The van der Waals surface area contributed by atoms with Crippen molar-refractivity contribution in [1.29, 1.82) is 0 Å². The number of aromatic carboxylic acids is 1. The van der Waals surface area contributed by atoms with Gasteiger partial charge in [0.15, 0.2) is 0 Å². The maximum atomic E-state index is 13.5. The minimum atomic E-state index is -0.982. The normalized spacial score (nSPS) is 10.3. The van der Waals surface area contributed by atoms with Crippen molar-refractivity contribution in [2.45, 2.75) is 9.79 Å². The number of carboxylic acids is 1. The van der Waals surface area contributed by atoms with Crippen LogP contribution in [0.2, 0.25) is 5.02 Å². The molecule has 5 heteroatoms. The molecular formula is C13H8ClFO2S. The van der Waals surface area contributed by atoms with Crippen LogP contribution in [0, 0.1) is 5.82 Å². The molecule has 0 unspecified atom stereocenters. The molecular weight excluding hydrogens is 275 g/mol. The highest BCUT2D eigenvalue weighted by molar-refractivity contribution is 7.99. The van der Waals surface area contributed by atoms with Crippen molar-refractivity contribution < 1.29 is 14.3 Å². The van der Waals surface area contributed by atoms with E-state index in [0.717, 1.165) is 4.90 Å². The van der Waals surface area contributed by atoms with Gasteiger partial charge in [-0.2, -0.15) is 0 Å². The third kappa shape index (κ3) is 3.03. The van der Waals surface area contributed by atoms with E-state index in [0.29, 0.717) is 9.92 Å². The fourth-order valence-corrected chi connectivity index (χ4v) is 2.33. The van der Waals surface area contributed by atoms with Crippen LogP contribution in [0.3, 0.4) is 0 Å². The van der Waals surface area contributed by atoms with Crippen molar-refractivity contribution >= 4 is 29.3 Å². The molecule has 0 saturated heterocycles. The van der Waals surface area contributed by atoms with Crippen LogP contribution in [0.1, 0.15) is 10.4 Å². The van der Waals surface area contributed by atoms with Gasteiger partial charge in [-0.25, -0.2) is 9.18 Å². The van der Waals surface area contributed by atoms with Crippen LogP contribution in [0.4, 0.5) is 4.39 Å². The number of hydrogen-bond donors (Lipinski definition) is 1. The number of halogens is 2. The molecule has 0 aliphatic carbocycles. The summed E-state index contributed by atoms with van der Waals surface area (Å²) in [6, 6.07) is 10.7. The van der Waals surface area contributed by atoms with E-state index in [-0.39, 0.29) is 5.56 Å². The van der Waals surface area contributed by atoms with E-state index in [9.17, 15) is 9.18 Å². The molecule has 0 spiro atoms. The highest BCUT2D eigenvalue weighted by Gasteiger charge is 2.06. The van der Waals surface area contributed by atoms with Gasteiger partial charge in [0.1, 0.15) is 5.82 Å². The van der Waals surface area contributed by atoms with Gasteiger partial charge >= 0.3 is 5.97 Å². The van der Waals surface area contributed by atoms with Gasteiger partial charge < -0.3 is 5.11 Å². The molecule has 0 fully saturated rings. The van der Waals surface area contributed by atoms with Crippen LogP contribution in [0.5, 0.6) is 0 Å². The Kier molecular flexibility index (Phi) is 3.89. The smallest absolute Gasteiger partial charge is 0.335 e. The Morgan fingerprint density at radius 2 is 1.83 bits per heavy atom. The summed E-state index contributed by atoms with van der Waals surface area (Å²) >= 11 is 6.88. The number of carbonyl (C=O) groups is 1. The average molecular weight is 283 g/mol. The fraction of sp³-hybridized carbons (Fsp3) is 0. The first kappa shape index (κ1) is 12.9. The Morgan fingerprint density at radius 3 is 2.39 bits per heavy atom. The molecule has 2 nitrogen and oxygen atoms in total. The second kappa shape index (κ2) is 5.42. The molecule has 0 aromatic heterocycles. The lowest BCUT2D eigenvalue weighted by Gasteiger charge is -2.04. The summed E-state index contributed by atoms with van der Waals surface area (Å²) in [5, 5.41) is 9.10. The third-order valence-corrected chi connectivity index (χ3v) is 3.52. The van der Waals surface area contributed by atoms with Gasteiger partial charge in [-0.05, 0) is 42.5 Å². The first-order chi connectivity index (χ1) is 8.56. The summed E-state index contributed by atoms with van der Waals surface area (Å²) in [6.45, 7) is 0. The van der Waals surface area contributed by atoms with Crippen LogP contribution in [0.15, 0.2) is 52.3 Å². The Hall–Kier alpha value is -1.52. The van der Waals surface area contributed by atoms with Gasteiger partial charge in [-0.3, -0.25) is 0 Å². The monoisotopic (exact) mass is 282 g/mol. The van der Waals surface area contributed by atoms with E-state index in [1.807, 2.05) is 0 Å². The second-order valence-corrected chi connectivity index (χ2v) is 5.06. The van der Waals surface area contributed by atoms with Crippen LogP contribution in [0.25, 0.3) is 0 Å². The third-order valence-electron chi connectivity index (χ3n) is 2.22. The lowest BCUT2D eigenvalue weighted by atomic mass is 10.2. The summed E-state index contributed by atoms with van der Waals surface area (Å²) in [5.41, 5.74) is 0.205. The summed E-state index contributed by atoms with van der Waals surface area (Å²) in [6.07, 6.45) is 0. The SMILES string of the molecule is O=C(O)c1ccc(Sc2ccc(Cl)cc2F)cc1. The Bertz CT molecular complexity index is 584. The zero-order valence-corrected chi connectivity index (χ0v) is 10.6. The molecule has 1 N–H and O–H groups in total. The Labute approximate surface area is 112 Å². The molecule has 0 saturated carbocycles. The first-order valence-corrected chi connectivity index (χ1v) is 6.22. The van der Waals surface area contributed by atoms with Crippen LogP contribution < -0.4 is 0 Å². The van der Waals surface area contributed by atoms with Crippen molar-refractivity contribution in [1.82, 2.24) is 0 Å². The van der Waals surface area contributed by atoms with Gasteiger partial charge in [0.2, 0.25) is 0 Å². The largest absolute Gasteiger partial charge is 0.478 e. The predicted octanol–water partition coefficient (Wildman–Crippen LogP) is 4.33. The standard InChI is InChI=1S/C13H8ClFO2S/c14-9-3-6-12(11(15)7-9)18-10-4-1-8(2-5-10)13(16)17/h1-7H,(H,16,17). The van der Waals surface area contributed by atoms with Gasteiger partial charge in [0.25, 0.3) is 0 Å². The molecule has 2 rings (SSSR count). The van der Waals surface area contributed by atoms with Crippen molar-refractivity contribution in [2.75, 3.05) is 0 Å². The quantitative estimate of drug-likeness (QED) is 0.910. The fourth-order valence-electron chi connectivity index (χ4n) is 1.35. The average Bonchev–Trinajstić information content (AvgIpc) is 2.33. The molecule has 0 radical (unpaired) electrons. The Morgan fingerprint density at radius 1 is 1.17 bits per heavy atom. The number of hydrogen-bond acceptors (Lipinski definition) is 2. The highest BCUT2D eigenvalue weighted by atomic mass is 35.5. The number of carboxylic acid groups (broad SMARTS) is 1. The van der Waals surface area contributed by atoms with E-state index in [1.165, 1.54) is 30.0 Å². The zero-order chi connectivity index (χ0) is 13.1. The van der Waals surface area contributed by atoms with E-state index in [4.69, 9.17) is 16.7 Å².